The number of amides is 2. The highest BCUT2D eigenvalue weighted by Gasteiger charge is 2.21. The Bertz CT molecular complexity index is 1050. The largest absolute Gasteiger partial charge is 0.346 e. The third-order valence-electron chi connectivity index (χ3n) is 4.45. The van der Waals surface area contributed by atoms with Crippen LogP contribution in [0.5, 0.6) is 0 Å². The van der Waals surface area contributed by atoms with E-state index in [4.69, 9.17) is 5.26 Å². The number of hydrogen-bond acceptors (Lipinski definition) is 5. The number of rotatable bonds is 5. The molecule has 0 radical (unpaired) electrons. The Hall–Kier alpha value is -3.21. The first-order chi connectivity index (χ1) is 13.5. The third kappa shape index (κ3) is 4.19. The summed E-state index contributed by atoms with van der Waals surface area (Å²) in [5, 5.41) is 17.5. The molecular weight excluding hydrogens is 372 g/mol. The average molecular weight is 392 g/mol. The fourth-order valence-electron chi connectivity index (χ4n) is 2.97. The van der Waals surface area contributed by atoms with Crippen LogP contribution in [0, 0.1) is 11.3 Å². The molecule has 1 atom stereocenters. The van der Waals surface area contributed by atoms with Crippen LogP contribution in [-0.2, 0) is 9.59 Å². The van der Waals surface area contributed by atoms with Gasteiger partial charge in [0.15, 0.2) is 0 Å². The molecule has 3 rings (SSSR count). The summed E-state index contributed by atoms with van der Waals surface area (Å²) in [4.78, 5) is 26.5. The van der Waals surface area contributed by atoms with Gasteiger partial charge in [0, 0.05) is 11.2 Å². The first-order valence-corrected chi connectivity index (χ1v) is 9.60. The molecule has 7 heteroatoms. The second-order valence-electron chi connectivity index (χ2n) is 6.49. The zero-order valence-electron chi connectivity index (χ0n) is 15.6. The maximum Gasteiger partial charge on any atom is 0.313 e. The van der Waals surface area contributed by atoms with Crippen LogP contribution in [0.15, 0.2) is 53.9 Å². The molecule has 0 fully saturated rings. The third-order valence-corrected chi connectivity index (χ3v) is 5.43. The van der Waals surface area contributed by atoms with Gasteiger partial charge < -0.3 is 15.5 Å². The Morgan fingerprint density at radius 3 is 2.57 bits per heavy atom. The highest BCUT2D eigenvalue weighted by molar-refractivity contribution is 7.17. The summed E-state index contributed by atoms with van der Waals surface area (Å²) in [6, 6.07) is 16.6. The van der Waals surface area contributed by atoms with Crippen molar-refractivity contribution in [3.05, 3.63) is 65.0 Å². The van der Waals surface area contributed by atoms with Gasteiger partial charge in [-0.2, -0.15) is 5.26 Å². The maximum atomic E-state index is 12.3. The Balaban J connectivity index is 1.69. The van der Waals surface area contributed by atoms with Crippen molar-refractivity contribution in [3.63, 3.8) is 0 Å². The van der Waals surface area contributed by atoms with Crippen molar-refractivity contribution in [3.8, 4) is 6.07 Å². The van der Waals surface area contributed by atoms with Crippen LogP contribution in [0.1, 0.15) is 17.2 Å². The van der Waals surface area contributed by atoms with Crippen LogP contribution in [0.3, 0.4) is 0 Å². The quantitative estimate of drug-likeness (QED) is 0.653. The fourth-order valence-corrected chi connectivity index (χ4v) is 3.97. The molecule has 0 saturated heterocycles. The van der Waals surface area contributed by atoms with E-state index in [0.29, 0.717) is 17.8 Å². The zero-order chi connectivity index (χ0) is 20.1. The molecule has 3 aromatic rings. The Morgan fingerprint density at radius 1 is 1.11 bits per heavy atom. The molecule has 28 heavy (non-hydrogen) atoms. The van der Waals surface area contributed by atoms with E-state index in [1.165, 1.54) is 4.70 Å². The number of thiophene rings is 1. The van der Waals surface area contributed by atoms with Crippen molar-refractivity contribution in [2.24, 2.45) is 0 Å². The van der Waals surface area contributed by atoms with Gasteiger partial charge in [0.25, 0.3) is 0 Å². The summed E-state index contributed by atoms with van der Waals surface area (Å²) in [5.41, 5.74) is 1.74. The summed E-state index contributed by atoms with van der Waals surface area (Å²) in [7, 11) is 3.87. The van der Waals surface area contributed by atoms with Crippen LogP contribution in [0.4, 0.5) is 5.69 Å². The van der Waals surface area contributed by atoms with Crippen molar-refractivity contribution in [1.82, 2.24) is 10.2 Å². The Morgan fingerprint density at radius 2 is 1.82 bits per heavy atom. The molecule has 1 aromatic heterocycles. The standard InChI is InChI=1S/C21H20N4O2S/c1-25(2)18(16-13-28-19-10-6-4-8-15(16)19)12-23-20(26)21(27)24-17-9-5-3-7-14(17)11-22/h3-10,13,18H,12H2,1-2H3,(H,23,26)(H,24,27)/t18-/m0/s1. The maximum absolute atomic E-state index is 12.3. The predicted molar refractivity (Wildman–Crippen MR) is 111 cm³/mol. The van der Waals surface area contributed by atoms with E-state index in [0.717, 1.165) is 10.9 Å². The van der Waals surface area contributed by atoms with E-state index < -0.39 is 11.8 Å². The molecule has 0 aliphatic carbocycles. The molecule has 0 aliphatic rings. The molecule has 0 aliphatic heterocycles. The van der Waals surface area contributed by atoms with Gasteiger partial charge in [0.1, 0.15) is 6.07 Å². The van der Waals surface area contributed by atoms with Crippen LogP contribution in [0.2, 0.25) is 0 Å². The highest BCUT2D eigenvalue weighted by atomic mass is 32.1. The van der Waals surface area contributed by atoms with Gasteiger partial charge >= 0.3 is 11.8 Å². The Kier molecular flexibility index (Phi) is 6.04. The minimum absolute atomic E-state index is 0.0701. The van der Waals surface area contributed by atoms with Crippen molar-refractivity contribution in [2.45, 2.75) is 6.04 Å². The smallest absolute Gasteiger partial charge is 0.313 e. The monoisotopic (exact) mass is 392 g/mol. The topological polar surface area (TPSA) is 85.2 Å². The van der Waals surface area contributed by atoms with Crippen molar-refractivity contribution in [2.75, 3.05) is 26.0 Å². The van der Waals surface area contributed by atoms with E-state index in [1.54, 1.807) is 35.6 Å². The van der Waals surface area contributed by atoms with Gasteiger partial charge in [-0.15, -0.1) is 11.3 Å². The summed E-state index contributed by atoms with van der Waals surface area (Å²) >= 11 is 1.66. The van der Waals surface area contributed by atoms with Gasteiger partial charge in [0.05, 0.1) is 17.3 Å². The van der Waals surface area contributed by atoms with Crippen molar-refractivity contribution >= 4 is 38.9 Å². The minimum Gasteiger partial charge on any atom is -0.346 e. The molecule has 1 heterocycles. The fraction of sp³-hybridized carbons (Fsp3) is 0.190. The second kappa shape index (κ2) is 8.65. The number of anilines is 1. The number of likely N-dealkylation sites (N-methyl/N-ethyl adjacent to an activating group) is 1. The van der Waals surface area contributed by atoms with E-state index in [2.05, 4.69) is 28.1 Å². The van der Waals surface area contributed by atoms with Gasteiger partial charge in [-0.3, -0.25) is 9.59 Å². The lowest BCUT2D eigenvalue weighted by molar-refractivity contribution is -0.136. The summed E-state index contributed by atoms with van der Waals surface area (Å²) in [6.07, 6.45) is 0. The molecule has 2 amide bonds. The first kappa shape index (κ1) is 19.5. The molecule has 0 bridgehead atoms. The number of carbonyl (C=O) groups is 2. The van der Waals surface area contributed by atoms with Crippen LogP contribution < -0.4 is 10.6 Å². The number of carbonyl (C=O) groups excluding carboxylic acids is 2. The Labute approximate surface area is 167 Å². The lowest BCUT2D eigenvalue weighted by atomic mass is 10.0. The van der Waals surface area contributed by atoms with Crippen LogP contribution in [-0.4, -0.2) is 37.4 Å². The predicted octanol–water partition coefficient (Wildman–Crippen LogP) is 3.13. The van der Waals surface area contributed by atoms with E-state index in [-0.39, 0.29) is 6.04 Å². The highest BCUT2D eigenvalue weighted by Crippen LogP contribution is 2.31. The zero-order valence-corrected chi connectivity index (χ0v) is 16.4. The number of benzene rings is 2. The van der Waals surface area contributed by atoms with Gasteiger partial charge in [-0.05, 0) is 48.6 Å². The van der Waals surface area contributed by atoms with Gasteiger partial charge in [-0.1, -0.05) is 30.3 Å². The number of nitrogens with one attached hydrogen (secondary N) is 2. The average Bonchev–Trinajstić information content (AvgIpc) is 3.12. The van der Waals surface area contributed by atoms with Gasteiger partial charge in [0.2, 0.25) is 0 Å². The number of para-hydroxylation sites is 1. The second-order valence-corrected chi connectivity index (χ2v) is 7.40. The summed E-state index contributed by atoms with van der Waals surface area (Å²) in [6.45, 7) is 0.292. The normalized spacial score (nSPS) is 11.8. The van der Waals surface area contributed by atoms with Gasteiger partial charge in [-0.25, -0.2) is 0 Å². The SMILES string of the molecule is CN(C)[C@@H](CNC(=O)C(=O)Nc1ccccc1C#N)c1csc2ccccc12. The number of nitriles is 1. The molecule has 2 N–H and O–H groups in total. The molecule has 6 nitrogen and oxygen atoms in total. The molecule has 0 spiro atoms. The first-order valence-electron chi connectivity index (χ1n) is 8.72. The summed E-state index contributed by atoms with van der Waals surface area (Å²) < 4.78 is 1.18. The number of hydrogen-bond donors (Lipinski definition) is 2. The van der Waals surface area contributed by atoms with E-state index in [1.807, 2.05) is 37.2 Å². The molecular formula is C21H20N4O2S. The molecule has 142 valence electrons. The molecule has 0 unspecified atom stereocenters. The van der Waals surface area contributed by atoms with Crippen LogP contribution in [0.25, 0.3) is 10.1 Å². The summed E-state index contributed by atoms with van der Waals surface area (Å²) in [5.74, 6) is -1.53. The van der Waals surface area contributed by atoms with Crippen molar-refractivity contribution < 1.29 is 9.59 Å². The van der Waals surface area contributed by atoms with Crippen molar-refractivity contribution in [1.29, 1.82) is 5.26 Å². The van der Waals surface area contributed by atoms with E-state index in [9.17, 15) is 9.59 Å². The number of fused-ring (bicyclic) bond motifs is 1. The lowest BCUT2D eigenvalue weighted by Crippen LogP contribution is -2.40. The lowest BCUT2D eigenvalue weighted by Gasteiger charge is -2.24. The van der Waals surface area contributed by atoms with Crippen LogP contribution >= 0.6 is 11.3 Å². The minimum atomic E-state index is -0.796. The molecule has 2 aromatic carbocycles. The van der Waals surface area contributed by atoms with E-state index >= 15 is 0 Å². The molecule has 0 saturated carbocycles. The number of nitrogens with zero attached hydrogens (tertiary/aromatic N) is 2.